The van der Waals surface area contributed by atoms with Crippen LogP contribution in [0.3, 0.4) is 0 Å². The van der Waals surface area contributed by atoms with Gasteiger partial charge in [0, 0.05) is 31.7 Å². The zero-order valence-electron chi connectivity index (χ0n) is 11.6. The average Bonchev–Trinajstić information content (AvgIpc) is 2.70. The van der Waals surface area contributed by atoms with Gasteiger partial charge >= 0.3 is 0 Å². The third-order valence-corrected chi connectivity index (χ3v) is 3.66. The van der Waals surface area contributed by atoms with Gasteiger partial charge in [-0.05, 0) is 26.7 Å². The zero-order valence-corrected chi connectivity index (χ0v) is 11.6. The molecule has 5 nitrogen and oxygen atoms in total. The van der Waals surface area contributed by atoms with Crippen molar-refractivity contribution >= 4 is 11.8 Å². The van der Waals surface area contributed by atoms with Gasteiger partial charge in [0.05, 0.1) is 5.92 Å². The molecule has 1 fully saturated rings. The fraction of sp³-hybridized carbons (Fsp3) is 0.846. The lowest BCUT2D eigenvalue weighted by Gasteiger charge is -2.23. The summed E-state index contributed by atoms with van der Waals surface area (Å²) < 4.78 is 0. The van der Waals surface area contributed by atoms with Crippen LogP contribution in [0, 0.1) is 11.8 Å². The summed E-state index contributed by atoms with van der Waals surface area (Å²) in [5.74, 6) is -0.271. The van der Waals surface area contributed by atoms with Gasteiger partial charge in [0.15, 0.2) is 0 Å². The van der Waals surface area contributed by atoms with Crippen LogP contribution in [-0.4, -0.2) is 47.1 Å². The molecule has 2 amide bonds. The van der Waals surface area contributed by atoms with Crippen molar-refractivity contribution in [3.05, 3.63) is 0 Å². The number of nitrogens with one attached hydrogen (secondary N) is 1. The average molecular weight is 256 g/mol. The quantitative estimate of drug-likeness (QED) is 0.747. The van der Waals surface area contributed by atoms with Crippen molar-refractivity contribution in [2.45, 2.75) is 46.2 Å². The summed E-state index contributed by atoms with van der Waals surface area (Å²) in [6.45, 7) is 8.20. The van der Waals surface area contributed by atoms with Crippen molar-refractivity contribution in [1.29, 1.82) is 0 Å². The first kappa shape index (κ1) is 15.0. The van der Waals surface area contributed by atoms with E-state index in [1.807, 2.05) is 27.7 Å². The summed E-state index contributed by atoms with van der Waals surface area (Å²) in [6, 6.07) is 0.0646. The van der Waals surface area contributed by atoms with Crippen LogP contribution in [0.2, 0.25) is 0 Å². The van der Waals surface area contributed by atoms with Crippen LogP contribution in [0.25, 0.3) is 0 Å². The van der Waals surface area contributed by atoms with Gasteiger partial charge in [0.2, 0.25) is 11.8 Å². The number of likely N-dealkylation sites (tertiary alicyclic amines) is 1. The molecule has 1 saturated heterocycles. The smallest absolute Gasteiger partial charge is 0.225 e. The van der Waals surface area contributed by atoms with Gasteiger partial charge in [-0.25, -0.2) is 0 Å². The van der Waals surface area contributed by atoms with Crippen molar-refractivity contribution in [2.75, 3.05) is 13.2 Å². The Morgan fingerprint density at radius 3 is 2.50 bits per heavy atom. The van der Waals surface area contributed by atoms with E-state index >= 15 is 0 Å². The largest absolute Gasteiger partial charge is 0.396 e. The Hall–Kier alpha value is -1.10. The van der Waals surface area contributed by atoms with Crippen LogP contribution in [0.4, 0.5) is 0 Å². The fourth-order valence-electron chi connectivity index (χ4n) is 2.05. The highest BCUT2D eigenvalue weighted by molar-refractivity contribution is 5.89. The molecular formula is C13H24N2O3. The summed E-state index contributed by atoms with van der Waals surface area (Å²) in [5.41, 5.74) is 0. The minimum absolute atomic E-state index is 0.0206. The summed E-state index contributed by atoms with van der Waals surface area (Å²) in [5, 5.41) is 11.9. The first-order valence-corrected chi connectivity index (χ1v) is 6.57. The van der Waals surface area contributed by atoms with Crippen LogP contribution in [0.1, 0.15) is 34.1 Å². The van der Waals surface area contributed by atoms with Gasteiger partial charge < -0.3 is 15.3 Å². The minimum Gasteiger partial charge on any atom is -0.396 e. The zero-order chi connectivity index (χ0) is 13.9. The Balaban J connectivity index is 2.52. The highest BCUT2D eigenvalue weighted by Crippen LogP contribution is 2.20. The van der Waals surface area contributed by atoms with E-state index in [9.17, 15) is 9.59 Å². The Kier molecular flexibility index (Phi) is 5.14. The van der Waals surface area contributed by atoms with E-state index in [2.05, 4.69) is 5.32 Å². The number of aliphatic hydroxyl groups is 1. The molecule has 0 aromatic heterocycles. The van der Waals surface area contributed by atoms with Crippen LogP contribution < -0.4 is 5.32 Å². The molecule has 0 spiro atoms. The van der Waals surface area contributed by atoms with Gasteiger partial charge in [-0.2, -0.15) is 0 Å². The number of carbonyl (C=O) groups is 2. The first-order valence-electron chi connectivity index (χ1n) is 6.57. The lowest BCUT2D eigenvalue weighted by molar-refractivity contribution is -0.130. The molecule has 3 atom stereocenters. The molecular weight excluding hydrogens is 232 g/mol. The predicted octanol–water partition coefficient (Wildman–Crippen LogP) is 0.376. The minimum atomic E-state index is -0.256. The van der Waals surface area contributed by atoms with E-state index in [4.69, 9.17) is 5.11 Å². The first-order chi connectivity index (χ1) is 8.36. The number of hydrogen-bond acceptors (Lipinski definition) is 3. The highest BCUT2D eigenvalue weighted by Gasteiger charge is 2.35. The molecule has 0 aromatic carbocycles. The molecule has 1 heterocycles. The molecule has 0 radical (unpaired) electrons. The van der Waals surface area contributed by atoms with Crippen molar-refractivity contribution < 1.29 is 14.7 Å². The van der Waals surface area contributed by atoms with E-state index in [1.165, 1.54) is 0 Å². The molecule has 0 saturated carbocycles. The molecule has 1 rings (SSSR count). The topological polar surface area (TPSA) is 69.6 Å². The lowest BCUT2D eigenvalue weighted by atomic mass is 10.0. The molecule has 0 bridgehead atoms. The predicted molar refractivity (Wildman–Crippen MR) is 68.8 cm³/mol. The Morgan fingerprint density at radius 2 is 2.06 bits per heavy atom. The standard InChI is InChI=1S/C13H24N2O3/c1-8(2)15-6-11(5-12(15)17)13(18)14-10(4)9(3)7-16/h8-11,16H,5-7H2,1-4H3,(H,14,18). The molecule has 18 heavy (non-hydrogen) atoms. The third-order valence-electron chi connectivity index (χ3n) is 3.66. The van der Waals surface area contributed by atoms with Crippen LogP contribution in [0.15, 0.2) is 0 Å². The second-order valence-corrected chi connectivity index (χ2v) is 5.50. The van der Waals surface area contributed by atoms with E-state index < -0.39 is 0 Å². The Morgan fingerprint density at radius 1 is 1.44 bits per heavy atom. The second kappa shape index (κ2) is 6.18. The maximum absolute atomic E-state index is 12.0. The molecule has 5 heteroatoms. The highest BCUT2D eigenvalue weighted by atomic mass is 16.3. The Labute approximate surface area is 109 Å². The number of amides is 2. The van der Waals surface area contributed by atoms with E-state index in [0.717, 1.165) is 0 Å². The number of aliphatic hydroxyl groups excluding tert-OH is 1. The van der Waals surface area contributed by atoms with E-state index in [1.54, 1.807) is 4.90 Å². The van der Waals surface area contributed by atoms with Crippen LogP contribution in [-0.2, 0) is 9.59 Å². The van der Waals surface area contributed by atoms with Crippen LogP contribution >= 0.6 is 0 Å². The summed E-state index contributed by atoms with van der Waals surface area (Å²) in [7, 11) is 0. The van der Waals surface area contributed by atoms with Crippen molar-refractivity contribution in [3.63, 3.8) is 0 Å². The van der Waals surface area contributed by atoms with Gasteiger partial charge in [-0.1, -0.05) is 6.92 Å². The summed E-state index contributed by atoms with van der Waals surface area (Å²) in [6.07, 6.45) is 0.296. The van der Waals surface area contributed by atoms with Crippen molar-refractivity contribution in [3.8, 4) is 0 Å². The lowest BCUT2D eigenvalue weighted by Crippen LogP contribution is -2.42. The fourth-order valence-corrected chi connectivity index (χ4v) is 2.05. The van der Waals surface area contributed by atoms with Gasteiger partial charge in [0.1, 0.15) is 0 Å². The number of carbonyl (C=O) groups excluding carboxylic acids is 2. The molecule has 2 N–H and O–H groups in total. The van der Waals surface area contributed by atoms with Gasteiger partial charge in [-0.15, -0.1) is 0 Å². The monoisotopic (exact) mass is 256 g/mol. The normalized spacial score (nSPS) is 23.3. The SMILES string of the molecule is CC(CO)C(C)NC(=O)C1CC(=O)N(C(C)C)C1. The maximum atomic E-state index is 12.0. The molecule has 3 unspecified atom stereocenters. The van der Waals surface area contributed by atoms with Gasteiger partial charge in [-0.3, -0.25) is 9.59 Å². The van der Waals surface area contributed by atoms with E-state index in [-0.39, 0.29) is 42.3 Å². The number of hydrogen-bond donors (Lipinski definition) is 2. The molecule has 1 aliphatic rings. The summed E-state index contributed by atoms with van der Waals surface area (Å²) >= 11 is 0. The van der Waals surface area contributed by atoms with Crippen molar-refractivity contribution in [1.82, 2.24) is 10.2 Å². The molecule has 1 aliphatic heterocycles. The van der Waals surface area contributed by atoms with Crippen LogP contribution in [0.5, 0.6) is 0 Å². The number of rotatable bonds is 5. The third kappa shape index (κ3) is 3.45. The molecule has 104 valence electrons. The maximum Gasteiger partial charge on any atom is 0.225 e. The second-order valence-electron chi connectivity index (χ2n) is 5.50. The van der Waals surface area contributed by atoms with Gasteiger partial charge in [0.25, 0.3) is 0 Å². The number of nitrogens with zero attached hydrogens (tertiary/aromatic N) is 1. The molecule has 0 aliphatic carbocycles. The Bertz CT molecular complexity index is 317. The van der Waals surface area contributed by atoms with E-state index in [0.29, 0.717) is 13.0 Å². The summed E-state index contributed by atoms with van der Waals surface area (Å²) in [4.78, 5) is 25.5. The van der Waals surface area contributed by atoms with Crippen molar-refractivity contribution in [2.24, 2.45) is 11.8 Å². The molecule has 0 aromatic rings.